The molecule has 2 aromatic carbocycles. The Balaban J connectivity index is 1.83. The van der Waals surface area contributed by atoms with E-state index >= 15 is 0 Å². The van der Waals surface area contributed by atoms with Gasteiger partial charge in [-0.15, -0.1) is 0 Å². The largest absolute Gasteiger partial charge is 0.493 e. The quantitative estimate of drug-likeness (QED) is 0.696. The summed E-state index contributed by atoms with van der Waals surface area (Å²) in [5.74, 6) is 1.84. The number of hydrogen-bond donors (Lipinski definition) is 1. The van der Waals surface area contributed by atoms with E-state index < -0.39 is 6.10 Å². The number of nitrogens with one attached hydrogen (secondary N) is 1. The molecule has 2 aromatic rings. The lowest BCUT2D eigenvalue weighted by Crippen LogP contribution is -2.39. The monoisotopic (exact) mass is 357 g/mol. The molecule has 0 bridgehead atoms. The van der Waals surface area contributed by atoms with E-state index in [2.05, 4.69) is 11.4 Å². The van der Waals surface area contributed by atoms with Gasteiger partial charge < -0.3 is 19.5 Å². The van der Waals surface area contributed by atoms with E-state index in [0.717, 1.165) is 11.3 Å². The molecule has 5 nitrogen and oxygen atoms in total. The zero-order chi connectivity index (χ0) is 18.9. The van der Waals surface area contributed by atoms with Crippen LogP contribution in [0.1, 0.15) is 24.5 Å². The van der Waals surface area contributed by atoms with Crippen molar-refractivity contribution in [2.45, 2.75) is 33.3 Å². The molecule has 1 N–H and O–H groups in total. The van der Waals surface area contributed by atoms with Crippen molar-refractivity contribution >= 4 is 5.91 Å². The number of rotatable bonds is 9. The minimum absolute atomic E-state index is 0.164. The van der Waals surface area contributed by atoms with Crippen LogP contribution in [0.5, 0.6) is 17.2 Å². The van der Waals surface area contributed by atoms with Crippen molar-refractivity contribution in [3.8, 4) is 17.2 Å². The number of amides is 1. The highest BCUT2D eigenvalue weighted by Gasteiger charge is 2.19. The molecule has 0 heterocycles. The summed E-state index contributed by atoms with van der Waals surface area (Å²) in [5.41, 5.74) is 2.28. The molecule has 140 valence electrons. The predicted octanol–water partition coefficient (Wildman–Crippen LogP) is 3.66. The van der Waals surface area contributed by atoms with Crippen LogP contribution in [0.15, 0.2) is 42.5 Å². The molecule has 5 heteroatoms. The molecule has 0 radical (unpaired) electrons. The van der Waals surface area contributed by atoms with E-state index in [0.29, 0.717) is 31.1 Å². The average Bonchev–Trinajstić information content (AvgIpc) is 2.64. The maximum Gasteiger partial charge on any atom is 0.261 e. The van der Waals surface area contributed by atoms with Gasteiger partial charge in [0, 0.05) is 0 Å². The maximum absolute atomic E-state index is 12.4. The molecule has 0 aromatic heterocycles. The Bertz CT molecular complexity index is 730. The van der Waals surface area contributed by atoms with Crippen LogP contribution in [0, 0.1) is 13.8 Å². The van der Waals surface area contributed by atoms with Crippen molar-refractivity contribution in [2.75, 3.05) is 20.3 Å². The summed E-state index contributed by atoms with van der Waals surface area (Å²) in [6.07, 6.45) is -0.0191. The molecule has 1 atom stereocenters. The normalized spacial score (nSPS) is 11.5. The molecule has 0 spiro atoms. The highest BCUT2D eigenvalue weighted by atomic mass is 16.5. The van der Waals surface area contributed by atoms with Gasteiger partial charge >= 0.3 is 0 Å². The fraction of sp³-hybridized carbons (Fsp3) is 0.381. The summed E-state index contributed by atoms with van der Waals surface area (Å²) in [6.45, 7) is 6.78. The Morgan fingerprint density at radius 2 is 1.81 bits per heavy atom. The Hall–Kier alpha value is -2.69. The van der Waals surface area contributed by atoms with Gasteiger partial charge in [0.15, 0.2) is 17.6 Å². The van der Waals surface area contributed by atoms with Crippen LogP contribution >= 0.6 is 0 Å². The number of aryl methyl sites for hydroxylation is 2. The highest BCUT2D eigenvalue weighted by molar-refractivity contribution is 5.81. The minimum atomic E-state index is -0.576. The van der Waals surface area contributed by atoms with Gasteiger partial charge in [-0.25, -0.2) is 0 Å². The van der Waals surface area contributed by atoms with E-state index in [1.54, 1.807) is 19.2 Å². The SMILES string of the molecule is CC[C@@H](Oc1ccccc1OC)C(=O)NCCOc1ccc(C)cc1C. The third kappa shape index (κ3) is 5.41. The van der Waals surface area contributed by atoms with Gasteiger partial charge in [0.2, 0.25) is 0 Å². The summed E-state index contributed by atoms with van der Waals surface area (Å²) in [5, 5.41) is 2.86. The van der Waals surface area contributed by atoms with Crippen molar-refractivity contribution in [1.29, 1.82) is 0 Å². The van der Waals surface area contributed by atoms with Gasteiger partial charge in [-0.3, -0.25) is 4.79 Å². The lowest BCUT2D eigenvalue weighted by Gasteiger charge is -2.19. The fourth-order valence-electron chi connectivity index (χ4n) is 2.60. The fourth-order valence-corrected chi connectivity index (χ4v) is 2.60. The molecule has 0 fully saturated rings. The first-order chi connectivity index (χ1) is 12.5. The molecule has 1 amide bonds. The van der Waals surface area contributed by atoms with Crippen molar-refractivity contribution in [2.24, 2.45) is 0 Å². The van der Waals surface area contributed by atoms with Crippen LogP contribution in [0.3, 0.4) is 0 Å². The van der Waals surface area contributed by atoms with Crippen LogP contribution in [-0.4, -0.2) is 32.3 Å². The molecule has 0 saturated carbocycles. The molecule has 0 aliphatic heterocycles. The number of para-hydroxylation sites is 2. The van der Waals surface area contributed by atoms with Gasteiger partial charge in [0.05, 0.1) is 13.7 Å². The molecule has 0 aliphatic carbocycles. The summed E-state index contributed by atoms with van der Waals surface area (Å²) >= 11 is 0. The second-order valence-electron chi connectivity index (χ2n) is 6.07. The zero-order valence-electron chi connectivity index (χ0n) is 15.9. The Morgan fingerprint density at radius 1 is 1.08 bits per heavy atom. The first-order valence-corrected chi connectivity index (χ1v) is 8.82. The first kappa shape index (κ1) is 19.6. The number of carbonyl (C=O) groups excluding carboxylic acids is 1. The standard InChI is InChI=1S/C21H27NO4/c1-5-17(26-20-9-7-6-8-19(20)24-4)21(23)22-12-13-25-18-11-10-15(2)14-16(18)3/h6-11,14,17H,5,12-13H2,1-4H3,(H,22,23)/t17-/m1/s1. The van der Waals surface area contributed by atoms with Crippen LogP contribution in [0.2, 0.25) is 0 Å². The molecule has 26 heavy (non-hydrogen) atoms. The molecule has 0 unspecified atom stereocenters. The average molecular weight is 357 g/mol. The van der Waals surface area contributed by atoms with Crippen LogP contribution in [-0.2, 0) is 4.79 Å². The molecular formula is C21H27NO4. The van der Waals surface area contributed by atoms with Crippen LogP contribution in [0.25, 0.3) is 0 Å². The van der Waals surface area contributed by atoms with Gasteiger partial charge in [0.25, 0.3) is 5.91 Å². The Labute approximate surface area is 155 Å². The van der Waals surface area contributed by atoms with E-state index in [1.807, 2.05) is 45.0 Å². The predicted molar refractivity (Wildman–Crippen MR) is 102 cm³/mol. The lowest BCUT2D eigenvalue weighted by molar-refractivity contribution is -0.128. The summed E-state index contributed by atoms with van der Waals surface area (Å²) in [6, 6.07) is 13.3. The Kier molecular flexibility index (Phi) is 7.33. The maximum atomic E-state index is 12.4. The number of carbonyl (C=O) groups is 1. The smallest absolute Gasteiger partial charge is 0.261 e. The van der Waals surface area contributed by atoms with E-state index in [9.17, 15) is 4.79 Å². The van der Waals surface area contributed by atoms with Crippen molar-refractivity contribution < 1.29 is 19.0 Å². The van der Waals surface area contributed by atoms with Crippen molar-refractivity contribution in [3.05, 3.63) is 53.6 Å². The van der Waals surface area contributed by atoms with Gasteiger partial charge in [0.1, 0.15) is 12.4 Å². The first-order valence-electron chi connectivity index (χ1n) is 8.82. The minimum Gasteiger partial charge on any atom is -0.493 e. The second-order valence-corrected chi connectivity index (χ2v) is 6.07. The highest BCUT2D eigenvalue weighted by Crippen LogP contribution is 2.27. The van der Waals surface area contributed by atoms with E-state index in [-0.39, 0.29) is 5.91 Å². The number of ether oxygens (including phenoxy) is 3. The number of hydrogen-bond acceptors (Lipinski definition) is 4. The molecular weight excluding hydrogens is 330 g/mol. The van der Waals surface area contributed by atoms with Gasteiger partial charge in [-0.2, -0.15) is 0 Å². The van der Waals surface area contributed by atoms with Gasteiger partial charge in [-0.05, 0) is 44.0 Å². The summed E-state index contributed by atoms with van der Waals surface area (Å²) in [7, 11) is 1.58. The lowest BCUT2D eigenvalue weighted by atomic mass is 10.1. The van der Waals surface area contributed by atoms with Crippen molar-refractivity contribution in [1.82, 2.24) is 5.32 Å². The third-order valence-corrected chi connectivity index (χ3v) is 3.99. The number of benzene rings is 2. The summed E-state index contributed by atoms with van der Waals surface area (Å²) < 4.78 is 16.8. The topological polar surface area (TPSA) is 56.8 Å². The van der Waals surface area contributed by atoms with Crippen molar-refractivity contribution in [3.63, 3.8) is 0 Å². The van der Waals surface area contributed by atoms with E-state index in [4.69, 9.17) is 14.2 Å². The van der Waals surface area contributed by atoms with Crippen LogP contribution < -0.4 is 19.5 Å². The second kappa shape index (κ2) is 9.70. The summed E-state index contributed by atoms with van der Waals surface area (Å²) in [4.78, 5) is 12.4. The van der Waals surface area contributed by atoms with E-state index in [1.165, 1.54) is 5.56 Å². The van der Waals surface area contributed by atoms with Crippen LogP contribution in [0.4, 0.5) is 0 Å². The number of methoxy groups -OCH3 is 1. The molecule has 0 saturated heterocycles. The van der Waals surface area contributed by atoms with Gasteiger partial charge in [-0.1, -0.05) is 36.8 Å². The molecule has 2 rings (SSSR count). The molecule has 0 aliphatic rings. The Morgan fingerprint density at radius 3 is 2.46 bits per heavy atom. The zero-order valence-corrected chi connectivity index (χ0v) is 15.9. The third-order valence-electron chi connectivity index (χ3n) is 3.99.